The Morgan fingerprint density at radius 1 is 0.882 bits per heavy atom. The fourth-order valence-electron chi connectivity index (χ4n) is 3.61. The number of ether oxygens (including phenoxy) is 3. The third kappa shape index (κ3) is 10.7. The molecule has 34 heavy (non-hydrogen) atoms. The van der Waals surface area contributed by atoms with Gasteiger partial charge in [-0.3, -0.25) is 0 Å². The summed E-state index contributed by atoms with van der Waals surface area (Å²) in [5, 5.41) is 10.8. The topological polar surface area (TPSA) is 82.1 Å². The van der Waals surface area contributed by atoms with Gasteiger partial charge in [0.1, 0.15) is 5.75 Å². The molecular weight excluding hydrogens is 432 g/mol. The molecule has 0 aliphatic carbocycles. The Bertz CT molecular complexity index is 740. The summed E-state index contributed by atoms with van der Waals surface area (Å²) in [5.74, 6) is -0.376. The fourth-order valence-corrected chi connectivity index (χ4v) is 3.61. The minimum atomic E-state index is -1.71. The molecule has 6 nitrogen and oxygen atoms in total. The van der Waals surface area contributed by atoms with Crippen LogP contribution in [0.15, 0.2) is 29.8 Å². The first kappa shape index (κ1) is 29.7. The third-order valence-corrected chi connectivity index (χ3v) is 6.19. The van der Waals surface area contributed by atoms with E-state index in [1.165, 1.54) is 6.08 Å². The van der Waals surface area contributed by atoms with E-state index in [1.54, 1.807) is 31.4 Å². The summed E-state index contributed by atoms with van der Waals surface area (Å²) >= 11 is 0. The van der Waals surface area contributed by atoms with E-state index >= 15 is 0 Å². The number of carbonyl (C=O) groups excluding carboxylic acids is 2. The lowest BCUT2D eigenvalue weighted by Crippen LogP contribution is -2.31. The first-order valence-corrected chi connectivity index (χ1v) is 12.8. The second-order valence-electron chi connectivity index (χ2n) is 8.84. The number of carbonyl (C=O) groups is 2. The van der Waals surface area contributed by atoms with Crippen LogP contribution in [-0.4, -0.2) is 43.5 Å². The molecule has 6 heteroatoms. The monoisotopic (exact) mass is 476 g/mol. The molecule has 1 rings (SSSR count). The second-order valence-corrected chi connectivity index (χ2v) is 8.84. The molecule has 0 bridgehead atoms. The average molecular weight is 477 g/mol. The van der Waals surface area contributed by atoms with Gasteiger partial charge in [0.2, 0.25) is 0 Å². The van der Waals surface area contributed by atoms with E-state index < -0.39 is 18.0 Å². The maximum atomic E-state index is 13.0. The van der Waals surface area contributed by atoms with Gasteiger partial charge in [-0.1, -0.05) is 78.4 Å². The molecule has 0 aliphatic heterocycles. The zero-order chi connectivity index (χ0) is 25.3. The lowest BCUT2D eigenvalue weighted by molar-refractivity contribution is -0.156. The van der Waals surface area contributed by atoms with Gasteiger partial charge < -0.3 is 19.3 Å². The van der Waals surface area contributed by atoms with Gasteiger partial charge in [0.25, 0.3) is 0 Å². The quantitative estimate of drug-likeness (QED) is 0.221. The maximum Gasteiger partial charge on any atom is 0.339 e. The standard InChI is InChI=1S/C28H44O6/c1-6-10-12-21(8-3)19-33-27(30)25(18-23-14-16-24(32-5)17-15-23)26(29)28(31)34-20-22(9-4)13-11-7-2/h14-18,21-22,26,29H,6-13,19-20H2,1-5H3. The Hall–Kier alpha value is -2.34. The van der Waals surface area contributed by atoms with Gasteiger partial charge in [-0.25, -0.2) is 9.59 Å². The van der Waals surface area contributed by atoms with E-state index in [1.807, 2.05) is 0 Å². The molecular formula is C28H44O6. The smallest absolute Gasteiger partial charge is 0.339 e. The first-order chi connectivity index (χ1) is 16.4. The van der Waals surface area contributed by atoms with E-state index in [-0.39, 0.29) is 30.6 Å². The zero-order valence-corrected chi connectivity index (χ0v) is 21.7. The van der Waals surface area contributed by atoms with Crippen LogP contribution in [0.3, 0.4) is 0 Å². The minimum Gasteiger partial charge on any atom is -0.497 e. The molecule has 1 aromatic rings. The Balaban J connectivity index is 2.99. The van der Waals surface area contributed by atoms with Crippen molar-refractivity contribution in [3.63, 3.8) is 0 Å². The second kappa shape index (κ2) is 17.1. The van der Waals surface area contributed by atoms with Crippen molar-refractivity contribution in [2.45, 2.75) is 85.2 Å². The van der Waals surface area contributed by atoms with Crippen molar-refractivity contribution in [1.82, 2.24) is 0 Å². The van der Waals surface area contributed by atoms with Crippen LogP contribution in [0.2, 0.25) is 0 Å². The molecule has 3 unspecified atom stereocenters. The van der Waals surface area contributed by atoms with Crippen LogP contribution in [-0.2, 0) is 19.1 Å². The molecule has 0 radical (unpaired) electrons. The number of hydrogen-bond donors (Lipinski definition) is 1. The van der Waals surface area contributed by atoms with Crippen LogP contribution in [0, 0.1) is 11.8 Å². The van der Waals surface area contributed by atoms with Crippen molar-refractivity contribution in [1.29, 1.82) is 0 Å². The molecule has 0 saturated heterocycles. The van der Waals surface area contributed by atoms with Crippen LogP contribution in [0.4, 0.5) is 0 Å². The van der Waals surface area contributed by atoms with Gasteiger partial charge in [-0.15, -0.1) is 0 Å². The fraction of sp³-hybridized carbons (Fsp3) is 0.643. The largest absolute Gasteiger partial charge is 0.497 e. The first-order valence-electron chi connectivity index (χ1n) is 12.8. The molecule has 0 aromatic heterocycles. The zero-order valence-electron chi connectivity index (χ0n) is 21.7. The highest BCUT2D eigenvalue weighted by molar-refractivity contribution is 6.01. The van der Waals surface area contributed by atoms with Crippen molar-refractivity contribution in [3.05, 3.63) is 35.4 Å². The van der Waals surface area contributed by atoms with Crippen LogP contribution >= 0.6 is 0 Å². The van der Waals surface area contributed by atoms with Crippen LogP contribution in [0.5, 0.6) is 5.75 Å². The Morgan fingerprint density at radius 3 is 1.88 bits per heavy atom. The van der Waals surface area contributed by atoms with E-state index in [0.717, 1.165) is 51.4 Å². The summed E-state index contributed by atoms with van der Waals surface area (Å²) in [7, 11) is 1.57. The minimum absolute atomic E-state index is 0.123. The number of benzene rings is 1. The molecule has 1 aromatic carbocycles. The third-order valence-electron chi connectivity index (χ3n) is 6.19. The summed E-state index contributed by atoms with van der Waals surface area (Å²) in [5.41, 5.74) is 0.522. The molecule has 3 atom stereocenters. The summed E-state index contributed by atoms with van der Waals surface area (Å²) in [6.07, 6.45) is 7.76. The Kier molecular flexibility index (Phi) is 15.0. The van der Waals surface area contributed by atoms with Crippen molar-refractivity contribution in [3.8, 4) is 5.75 Å². The number of rotatable bonds is 17. The van der Waals surface area contributed by atoms with Crippen molar-refractivity contribution >= 4 is 18.0 Å². The Labute approximate surface area is 205 Å². The number of aliphatic hydroxyl groups excluding tert-OH is 1. The highest BCUT2D eigenvalue weighted by Crippen LogP contribution is 2.20. The van der Waals surface area contributed by atoms with Crippen LogP contribution in [0.25, 0.3) is 6.08 Å². The summed E-state index contributed by atoms with van der Waals surface area (Å²) in [6, 6.07) is 6.99. The number of methoxy groups -OCH3 is 1. The van der Waals surface area contributed by atoms with Crippen molar-refractivity contribution in [2.24, 2.45) is 11.8 Å². The molecule has 0 aliphatic rings. The average Bonchev–Trinajstić information content (AvgIpc) is 2.87. The molecule has 0 amide bonds. The molecule has 0 heterocycles. The van der Waals surface area contributed by atoms with E-state index in [2.05, 4.69) is 27.7 Å². The SMILES string of the molecule is CCCCC(CC)COC(=O)C(=Cc1ccc(OC)cc1)C(O)C(=O)OCC(CC)CCCC. The molecule has 0 saturated carbocycles. The molecule has 1 N–H and O–H groups in total. The molecule has 192 valence electrons. The predicted octanol–water partition coefficient (Wildman–Crippen LogP) is 5.96. The van der Waals surface area contributed by atoms with Gasteiger partial charge >= 0.3 is 11.9 Å². The summed E-state index contributed by atoms with van der Waals surface area (Å²) in [6.45, 7) is 8.85. The lowest BCUT2D eigenvalue weighted by atomic mass is 10.00. The van der Waals surface area contributed by atoms with Crippen LogP contribution < -0.4 is 4.74 Å². The van der Waals surface area contributed by atoms with E-state index in [9.17, 15) is 14.7 Å². The summed E-state index contributed by atoms with van der Waals surface area (Å²) < 4.78 is 16.1. The lowest BCUT2D eigenvalue weighted by Gasteiger charge is -2.19. The number of unbranched alkanes of at least 4 members (excludes halogenated alkanes) is 2. The summed E-state index contributed by atoms with van der Waals surface area (Å²) in [4.78, 5) is 25.6. The van der Waals surface area contributed by atoms with Gasteiger partial charge in [-0.05, 0) is 48.4 Å². The predicted molar refractivity (Wildman–Crippen MR) is 136 cm³/mol. The number of esters is 2. The van der Waals surface area contributed by atoms with Gasteiger partial charge in [0, 0.05) is 0 Å². The number of hydrogen-bond acceptors (Lipinski definition) is 6. The van der Waals surface area contributed by atoms with E-state index in [0.29, 0.717) is 11.3 Å². The Morgan fingerprint density at radius 2 is 1.41 bits per heavy atom. The van der Waals surface area contributed by atoms with Gasteiger partial charge in [0.05, 0.1) is 25.9 Å². The van der Waals surface area contributed by atoms with Crippen LogP contribution in [0.1, 0.15) is 84.6 Å². The molecule has 0 spiro atoms. The van der Waals surface area contributed by atoms with Gasteiger partial charge in [-0.2, -0.15) is 0 Å². The highest BCUT2D eigenvalue weighted by Gasteiger charge is 2.29. The maximum absolute atomic E-state index is 13.0. The normalized spacial score (nSPS) is 14.2. The van der Waals surface area contributed by atoms with Crippen molar-refractivity contribution < 1.29 is 28.9 Å². The van der Waals surface area contributed by atoms with E-state index in [4.69, 9.17) is 14.2 Å². The molecule has 0 fully saturated rings. The number of aliphatic hydroxyl groups is 1. The highest BCUT2D eigenvalue weighted by atomic mass is 16.6. The van der Waals surface area contributed by atoms with Gasteiger partial charge in [0.15, 0.2) is 6.10 Å². The van der Waals surface area contributed by atoms with Crippen molar-refractivity contribution in [2.75, 3.05) is 20.3 Å².